The van der Waals surface area contributed by atoms with E-state index in [0.717, 1.165) is 28.1 Å². The second-order valence-electron chi connectivity index (χ2n) is 7.12. The van der Waals surface area contributed by atoms with E-state index in [9.17, 15) is 9.59 Å². The minimum Gasteiger partial charge on any atom is -0.298 e. The molecular formula is C20H22N6O2. The summed E-state index contributed by atoms with van der Waals surface area (Å²) in [7, 11) is 1.60. The van der Waals surface area contributed by atoms with Crippen molar-refractivity contribution in [3.8, 4) is 5.95 Å². The first-order chi connectivity index (χ1) is 13.3. The van der Waals surface area contributed by atoms with Gasteiger partial charge in [0.15, 0.2) is 11.2 Å². The number of rotatable bonds is 3. The molecule has 1 N–H and O–H groups in total. The molecule has 0 aliphatic heterocycles. The predicted octanol–water partition coefficient (Wildman–Crippen LogP) is 1.89. The topological polar surface area (TPSA) is 90.5 Å². The number of H-pyrrole nitrogens is 1. The van der Waals surface area contributed by atoms with Gasteiger partial charge in [0.2, 0.25) is 5.95 Å². The van der Waals surface area contributed by atoms with Gasteiger partial charge in [-0.15, -0.1) is 0 Å². The minimum atomic E-state index is -0.492. The van der Waals surface area contributed by atoms with Gasteiger partial charge in [0.25, 0.3) is 5.56 Å². The normalized spacial score (nSPS) is 11.5. The van der Waals surface area contributed by atoms with Gasteiger partial charge in [0.1, 0.15) is 0 Å². The second kappa shape index (κ2) is 6.33. The van der Waals surface area contributed by atoms with E-state index in [2.05, 4.69) is 15.1 Å². The summed E-state index contributed by atoms with van der Waals surface area (Å²) < 4.78 is 4.93. The smallest absolute Gasteiger partial charge is 0.298 e. The summed E-state index contributed by atoms with van der Waals surface area (Å²) in [5.41, 5.74) is 4.83. The van der Waals surface area contributed by atoms with E-state index in [4.69, 9.17) is 0 Å². The summed E-state index contributed by atoms with van der Waals surface area (Å²) in [5, 5.41) is 4.62. The molecule has 0 aliphatic rings. The summed E-state index contributed by atoms with van der Waals surface area (Å²) in [5.74, 6) is 0.513. The van der Waals surface area contributed by atoms with Crippen molar-refractivity contribution in [2.45, 2.75) is 34.2 Å². The molecule has 0 saturated carbocycles. The fourth-order valence-corrected chi connectivity index (χ4v) is 3.41. The average Bonchev–Trinajstić information content (AvgIpc) is 3.15. The van der Waals surface area contributed by atoms with E-state index in [-0.39, 0.29) is 0 Å². The Balaban J connectivity index is 2.09. The Kier molecular flexibility index (Phi) is 4.06. The van der Waals surface area contributed by atoms with Crippen molar-refractivity contribution in [3.05, 3.63) is 73.2 Å². The Morgan fingerprint density at radius 2 is 1.79 bits per heavy atom. The molecule has 4 rings (SSSR count). The summed E-state index contributed by atoms with van der Waals surface area (Å²) in [6.07, 6.45) is 0. The molecule has 0 spiro atoms. The van der Waals surface area contributed by atoms with Crippen molar-refractivity contribution in [2.24, 2.45) is 7.05 Å². The molecule has 0 aliphatic carbocycles. The number of nitrogens with zero attached hydrogens (tertiary/aromatic N) is 5. The number of fused-ring (bicyclic) bond motifs is 1. The molecule has 144 valence electrons. The van der Waals surface area contributed by atoms with E-state index in [1.165, 1.54) is 4.57 Å². The van der Waals surface area contributed by atoms with E-state index >= 15 is 0 Å². The van der Waals surface area contributed by atoms with Crippen molar-refractivity contribution in [1.29, 1.82) is 0 Å². The van der Waals surface area contributed by atoms with Crippen molar-refractivity contribution in [1.82, 2.24) is 28.9 Å². The number of imidazole rings is 1. The molecule has 3 aromatic heterocycles. The third-order valence-corrected chi connectivity index (χ3v) is 5.42. The Morgan fingerprint density at radius 1 is 1.07 bits per heavy atom. The Hall–Kier alpha value is -3.42. The molecule has 0 atom stereocenters. The Morgan fingerprint density at radius 3 is 2.43 bits per heavy atom. The number of aromatic amines is 1. The fourth-order valence-electron chi connectivity index (χ4n) is 3.41. The van der Waals surface area contributed by atoms with Gasteiger partial charge < -0.3 is 0 Å². The SMILES string of the molecule is Cc1ccccc1Cn1c(-n2nc(C)c(C)c2C)nc2c1c(=O)[nH]c(=O)n2C. The molecule has 0 saturated heterocycles. The first-order valence-electron chi connectivity index (χ1n) is 9.07. The highest BCUT2D eigenvalue weighted by molar-refractivity contribution is 5.72. The van der Waals surface area contributed by atoms with Crippen molar-refractivity contribution in [3.63, 3.8) is 0 Å². The van der Waals surface area contributed by atoms with Crippen LogP contribution in [0, 0.1) is 27.7 Å². The minimum absolute atomic E-state index is 0.336. The molecule has 8 nitrogen and oxygen atoms in total. The molecule has 0 unspecified atom stereocenters. The van der Waals surface area contributed by atoms with Crippen molar-refractivity contribution < 1.29 is 0 Å². The second-order valence-corrected chi connectivity index (χ2v) is 7.12. The number of hydrogen-bond acceptors (Lipinski definition) is 4. The number of aromatic nitrogens is 6. The van der Waals surface area contributed by atoms with E-state index in [0.29, 0.717) is 23.7 Å². The number of aryl methyl sites for hydroxylation is 3. The maximum absolute atomic E-state index is 12.7. The molecule has 8 heteroatoms. The van der Waals surface area contributed by atoms with Crippen LogP contribution in [0.1, 0.15) is 28.1 Å². The summed E-state index contributed by atoms with van der Waals surface area (Å²) in [4.78, 5) is 31.8. The summed E-state index contributed by atoms with van der Waals surface area (Å²) in [6.45, 7) is 8.38. The van der Waals surface area contributed by atoms with Gasteiger partial charge in [-0.05, 0) is 44.4 Å². The van der Waals surface area contributed by atoms with Crippen molar-refractivity contribution >= 4 is 11.2 Å². The fraction of sp³-hybridized carbons (Fsp3) is 0.300. The van der Waals surface area contributed by atoms with E-state index in [1.54, 1.807) is 11.7 Å². The molecule has 0 amide bonds. The van der Waals surface area contributed by atoms with Gasteiger partial charge in [-0.25, -0.2) is 9.48 Å². The zero-order valence-electron chi connectivity index (χ0n) is 16.6. The lowest BCUT2D eigenvalue weighted by Crippen LogP contribution is -2.29. The van der Waals surface area contributed by atoms with Crippen LogP contribution in [0.25, 0.3) is 17.1 Å². The quantitative estimate of drug-likeness (QED) is 0.589. The lowest BCUT2D eigenvalue weighted by Gasteiger charge is -2.12. The van der Waals surface area contributed by atoms with Crippen LogP contribution >= 0.6 is 0 Å². The van der Waals surface area contributed by atoms with Gasteiger partial charge in [-0.1, -0.05) is 24.3 Å². The van der Waals surface area contributed by atoms with Gasteiger partial charge in [0, 0.05) is 12.7 Å². The molecule has 0 fully saturated rings. The Labute approximate surface area is 161 Å². The molecule has 28 heavy (non-hydrogen) atoms. The maximum atomic E-state index is 12.7. The zero-order chi connectivity index (χ0) is 20.2. The van der Waals surface area contributed by atoms with E-state index in [1.807, 2.05) is 56.5 Å². The lowest BCUT2D eigenvalue weighted by atomic mass is 10.1. The van der Waals surface area contributed by atoms with Crippen LogP contribution in [0.15, 0.2) is 33.9 Å². The monoisotopic (exact) mass is 378 g/mol. The van der Waals surface area contributed by atoms with Crippen LogP contribution in [-0.4, -0.2) is 28.9 Å². The highest BCUT2D eigenvalue weighted by atomic mass is 16.2. The number of nitrogens with one attached hydrogen (secondary N) is 1. The Bertz CT molecular complexity index is 1340. The predicted molar refractivity (Wildman–Crippen MR) is 107 cm³/mol. The number of benzene rings is 1. The van der Waals surface area contributed by atoms with Crippen LogP contribution in [-0.2, 0) is 13.6 Å². The van der Waals surface area contributed by atoms with Gasteiger partial charge in [-0.2, -0.15) is 10.1 Å². The molecule has 4 aromatic rings. The molecule has 0 bridgehead atoms. The summed E-state index contributed by atoms with van der Waals surface area (Å²) >= 11 is 0. The third-order valence-electron chi connectivity index (χ3n) is 5.42. The summed E-state index contributed by atoms with van der Waals surface area (Å²) in [6, 6.07) is 8.00. The van der Waals surface area contributed by atoms with Crippen LogP contribution < -0.4 is 11.2 Å². The molecule has 1 aromatic carbocycles. The number of hydrogen-bond donors (Lipinski definition) is 1. The van der Waals surface area contributed by atoms with Gasteiger partial charge >= 0.3 is 5.69 Å². The molecule has 3 heterocycles. The van der Waals surface area contributed by atoms with Crippen LogP contribution in [0.3, 0.4) is 0 Å². The van der Waals surface area contributed by atoms with Gasteiger partial charge in [0.05, 0.1) is 12.2 Å². The first kappa shape index (κ1) is 18.0. The standard InChI is InChI=1S/C20H22N6O2/c1-11-8-6-7-9-15(11)10-25-16-17(24(5)20(28)22-18(16)27)21-19(25)26-14(4)12(2)13(3)23-26/h6-9H,10H2,1-5H3,(H,22,27,28). The first-order valence-corrected chi connectivity index (χ1v) is 9.07. The van der Waals surface area contributed by atoms with Crippen LogP contribution in [0.2, 0.25) is 0 Å². The highest BCUT2D eigenvalue weighted by Gasteiger charge is 2.21. The molecular weight excluding hydrogens is 356 g/mol. The van der Waals surface area contributed by atoms with Crippen LogP contribution in [0.5, 0.6) is 0 Å². The lowest BCUT2D eigenvalue weighted by molar-refractivity contribution is 0.699. The largest absolute Gasteiger partial charge is 0.329 e. The van der Waals surface area contributed by atoms with Crippen LogP contribution in [0.4, 0.5) is 0 Å². The highest BCUT2D eigenvalue weighted by Crippen LogP contribution is 2.21. The third kappa shape index (κ3) is 2.60. The van der Waals surface area contributed by atoms with Gasteiger partial charge in [-0.3, -0.25) is 18.9 Å². The van der Waals surface area contributed by atoms with E-state index < -0.39 is 11.2 Å². The zero-order valence-corrected chi connectivity index (χ0v) is 16.6. The maximum Gasteiger partial charge on any atom is 0.329 e. The molecule has 0 radical (unpaired) electrons. The average molecular weight is 378 g/mol. The van der Waals surface area contributed by atoms with Crippen molar-refractivity contribution in [2.75, 3.05) is 0 Å².